The number of halogens is 4. The van der Waals surface area contributed by atoms with Gasteiger partial charge in [0.05, 0.1) is 23.1 Å². The fourth-order valence-electron chi connectivity index (χ4n) is 2.67. The van der Waals surface area contributed by atoms with Crippen molar-refractivity contribution < 1.29 is 32.0 Å². The van der Waals surface area contributed by atoms with Crippen molar-refractivity contribution in [2.24, 2.45) is 0 Å². The standard InChI is InChI=1S/C17H20FN5O.C2HF3O2/c1-10-16(13(4)24-21-10)9-19-11(2)17-12(3)23(22-20-17)15-7-5-14(18)6-8-15;3-2(4,5)1(6)7/h5-8,11,19H,9H2,1-4H3;(H,6,7). The van der Waals surface area contributed by atoms with Crippen LogP contribution < -0.4 is 5.32 Å². The van der Waals surface area contributed by atoms with E-state index in [0.717, 1.165) is 34.1 Å². The van der Waals surface area contributed by atoms with Crippen LogP contribution in [0.1, 0.15) is 41.4 Å². The second-order valence-electron chi connectivity index (χ2n) is 6.66. The van der Waals surface area contributed by atoms with E-state index in [1.165, 1.54) is 12.1 Å². The van der Waals surface area contributed by atoms with Crippen LogP contribution in [0.5, 0.6) is 0 Å². The minimum atomic E-state index is -5.08. The molecule has 0 aliphatic heterocycles. The van der Waals surface area contributed by atoms with Crippen LogP contribution >= 0.6 is 0 Å². The van der Waals surface area contributed by atoms with E-state index in [9.17, 15) is 17.6 Å². The number of nitrogens with zero attached hydrogens (tertiary/aromatic N) is 4. The molecule has 0 amide bonds. The highest BCUT2D eigenvalue weighted by Gasteiger charge is 2.38. The molecule has 2 aromatic heterocycles. The molecule has 1 atom stereocenters. The molecule has 1 aromatic carbocycles. The Kier molecular flexibility index (Phi) is 7.50. The average Bonchev–Trinajstić information content (AvgIpc) is 3.22. The molecule has 0 spiro atoms. The summed E-state index contributed by atoms with van der Waals surface area (Å²) in [7, 11) is 0. The second-order valence-corrected chi connectivity index (χ2v) is 6.66. The first-order valence-corrected chi connectivity index (χ1v) is 9.05. The predicted octanol–water partition coefficient (Wildman–Crippen LogP) is 3.80. The van der Waals surface area contributed by atoms with Crippen LogP contribution in [0.4, 0.5) is 17.6 Å². The summed E-state index contributed by atoms with van der Waals surface area (Å²) in [6.07, 6.45) is -5.08. The summed E-state index contributed by atoms with van der Waals surface area (Å²) >= 11 is 0. The molecule has 0 saturated heterocycles. The fraction of sp³-hybridized carbons (Fsp3) is 0.368. The minimum Gasteiger partial charge on any atom is -0.475 e. The number of alkyl halides is 3. The van der Waals surface area contributed by atoms with Gasteiger partial charge < -0.3 is 14.9 Å². The monoisotopic (exact) mass is 443 g/mol. The third-order valence-corrected chi connectivity index (χ3v) is 4.42. The zero-order valence-corrected chi connectivity index (χ0v) is 17.2. The summed E-state index contributed by atoms with van der Waals surface area (Å²) in [6.45, 7) is 8.45. The van der Waals surface area contributed by atoms with Crippen molar-refractivity contribution in [2.45, 2.75) is 46.5 Å². The number of rotatable bonds is 5. The Hall–Kier alpha value is -3.28. The van der Waals surface area contributed by atoms with Gasteiger partial charge in [0.2, 0.25) is 0 Å². The van der Waals surface area contributed by atoms with E-state index in [1.807, 2.05) is 27.7 Å². The smallest absolute Gasteiger partial charge is 0.475 e. The second kappa shape index (κ2) is 9.69. The maximum Gasteiger partial charge on any atom is 0.490 e. The predicted molar refractivity (Wildman–Crippen MR) is 101 cm³/mol. The Balaban J connectivity index is 0.000000423. The molecule has 3 aromatic rings. The lowest BCUT2D eigenvalue weighted by molar-refractivity contribution is -0.192. The average molecular weight is 443 g/mol. The molecule has 0 fully saturated rings. The molecule has 3 rings (SSSR count). The molecule has 0 radical (unpaired) electrons. The Bertz CT molecular complexity index is 1010. The Morgan fingerprint density at radius 2 is 1.81 bits per heavy atom. The summed E-state index contributed by atoms with van der Waals surface area (Å²) in [6, 6.07) is 6.20. The van der Waals surface area contributed by atoms with Crippen LogP contribution in [0, 0.1) is 26.6 Å². The van der Waals surface area contributed by atoms with Crippen molar-refractivity contribution in [3.05, 3.63) is 58.5 Å². The molecule has 168 valence electrons. The summed E-state index contributed by atoms with van der Waals surface area (Å²) in [5.74, 6) is -2.21. The van der Waals surface area contributed by atoms with Gasteiger partial charge in [-0.1, -0.05) is 10.4 Å². The number of carboxylic acid groups (broad SMARTS) is 1. The maximum absolute atomic E-state index is 13.1. The summed E-state index contributed by atoms with van der Waals surface area (Å²) in [5.41, 5.74) is 4.50. The maximum atomic E-state index is 13.1. The molecule has 0 bridgehead atoms. The van der Waals surface area contributed by atoms with Crippen LogP contribution in [-0.4, -0.2) is 37.4 Å². The van der Waals surface area contributed by atoms with Crippen molar-refractivity contribution in [1.29, 1.82) is 0 Å². The Labute approximate surface area is 174 Å². The number of benzene rings is 1. The van der Waals surface area contributed by atoms with Gasteiger partial charge in [-0.15, -0.1) is 5.10 Å². The lowest BCUT2D eigenvalue weighted by atomic mass is 10.1. The normalized spacial score (nSPS) is 12.3. The SMILES string of the molecule is Cc1noc(C)c1CNC(C)c1nnn(-c2ccc(F)cc2)c1C.O=C(O)C(F)(F)F. The lowest BCUT2D eigenvalue weighted by Gasteiger charge is -2.12. The molecule has 12 heteroatoms. The lowest BCUT2D eigenvalue weighted by Crippen LogP contribution is -2.21. The summed E-state index contributed by atoms with van der Waals surface area (Å²) < 4.78 is 51.7. The van der Waals surface area contributed by atoms with Crippen LogP contribution in [0.25, 0.3) is 5.69 Å². The van der Waals surface area contributed by atoms with E-state index < -0.39 is 12.1 Å². The molecule has 1 unspecified atom stereocenters. The summed E-state index contributed by atoms with van der Waals surface area (Å²) in [5, 5.41) is 23.0. The molecule has 0 aliphatic rings. The molecular weight excluding hydrogens is 422 g/mol. The van der Waals surface area contributed by atoms with E-state index in [4.69, 9.17) is 14.4 Å². The van der Waals surface area contributed by atoms with Crippen LogP contribution in [-0.2, 0) is 11.3 Å². The number of hydrogen-bond donors (Lipinski definition) is 2. The van der Waals surface area contributed by atoms with Crippen molar-refractivity contribution >= 4 is 5.97 Å². The van der Waals surface area contributed by atoms with Gasteiger partial charge in [0, 0.05) is 12.1 Å². The molecular formula is C19H21F4N5O3. The van der Waals surface area contributed by atoms with Crippen LogP contribution in [0.15, 0.2) is 28.8 Å². The van der Waals surface area contributed by atoms with Crippen molar-refractivity contribution in [2.75, 3.05) is 0 Å². The fourth-order valence-corrected chi connectivity index (χ4v) is 2.67. The molecule has 31 heavy (non-hydrogen) atoms. The number of hydrogen-bond acceptors (Lipinski definition) is 6. The highest BCUT2D eigenvalue weighted by atomic mass is 19.4. The zero-order chi connectivity index (χ0) is 23.3. The van der Waals surface area contributed by atoms with Gasteiger partial charge in [-0.2, -0.15) is 13.2 Å². The number of carboxylic acids is 1. The van der Waals surface area contributed by atoms with Gasteiger partial charge in [-0.05, 0) is 52.0 Å². The molecule has 8 nitrogen and oxygen atoms in total. The van der Waals surface area contributed by atoms with Gasteiger partial charge in [0.25, 0.3) is 0 Å². The van der Waals surface area contributed by atoms with Crippen molar-refractivity contribution in [1.82, 2.24) is 25.5 Å². The topological polar surface area (TPSA) is 106 Å². The number of carbonyl (C=O) groups is 1. The highest BCUT2D eigenvalue weighted by molar-refractivity contribution is 5.73. The first-order chi connectivity index (χ1) is 14.4. The first kappa shape index (κ1) is 24.0. The van der Waals surface area contributed by atoms with Gasteiger partial charge in [-0.25, -0.2) is 13.9 Å². The number of nitrogens with one attached hydrogen (secondary N) is 1. The van der Waals surface area contributed by atoms with E-state index in [2.05, 4.69) is 20.8 Å². The minimum absolute atomic E-state index is 0.00731. The van der Waals surface area contributed by atoms with E-state index in [-0.39, 0.29) is 11.9 Å². The third-order valence-electron chi connectivity index (χ3n) is 4.42. The van der Waals surface area contributed by atoms with Gasteiger partial charge >= 0.3 is 12.1 Å². The van der Waals surface area contributed by atoms with Crippen molar-refractivity contribution in [3.8, 4) is 5.69 Å². The number of aryl methyl sites for hydroxylation is 2. The quantitative estimate of drug-likeness (QED) is 0.578. The third kappa shape index (κ3) is 6.10. The summed E-state index contributed by atoms with van der Waals surface area (Å²) in [4.78, 5) is 8.90. The van der Waals surface area contributed by atoms with Gasteiger partial charge in [-0.3, -0.25) is 0 Å². The Morgan fingerprint density at radius 1 is 1.23 bits per heavy atom. The Morgan fingerprint density at radius 3 is 2.29 bits per heavy atom. The first-order valence-electron chi connectivity index (χ1n) is 9.05. The van der Waals surface area contributed by atoms with Crippen LogP contribution in [0.2, 0.25) is 0 Å². The van der Waals surface area contributed by atoms with Crippen molar-refractivity contribution in [3.63, 3.8) is 0 Å². The van der Waals surface area contributed by atoms with Gasteiger partial charge in [0.1, 0.15) is 17.3 Å². The van der Waals surface area contributed by atoms with Gasteiger partial charge in [0.15, 0.2) is 0 Å². The molecule has 2 N–H and O–H groups in total. The number of aliphatic carboxylic acids is 1. The largest absolute Gasteiger partial charge is 0.490 e. The highest BCUT2D eigenvalue weighted by Crippen LogP contribution is 2.20. The van der Waals surface area contributed by atoms with E-state index >= 15 is 0 Å². The van der Waals surface area contributed by atoms with Crippen LogP contribution in [0.3, 0.4) is 0 Å². The molecule has 2 heterocycles. The van der Waals surface area contributed by atoms with E-state index in [0.29, 0.717) is 6.54 Å². The molecule has 0 aliphatic carbocycles. The number of aromatic nitrogens is 4. The zero-order valence-electron chi connectivity index (χ0n) is 17.2. The molecule has 0 saturated carbocycles. The van der Waals surface area contributed by atoms with E-state index in [1.54, 1.807) is 16.8 Å².